The van der Waals surface area contributed by atoms with Crippen LogP contribution in [0.2, 0.25) is 0 Å². The van der Waals surface area contributed by atoms with Gasteiger partial charge in [-0.1, -0.05) is 12.1 Å². The van der Waals surface area contributed by atoms with Crippen molar-refractivity contribution in [2.45, 2.75) is 6.92 Å². The number of esters is 1. The van der Waals surface area contributed by atoms with E-state index in [0.29, 0.717) is 11.4 Å². The van der Waals surface area contributed by atoms with Gasteiger partial charge in [0.25, 0.3) is 0 Å². The van der Waals surface area contributed by atoms with Gasteiger partial charge in [-0.2, -0.15) is 0 Å². The van der Waals surface area contributed by atoms with Gasteiger partial charge in [-0.25, -0.2) is 4.79 Å². The average Bonchev–Trinajstić information content (AvgIpc) is 2.47. The number of rotatable bonds is 7. The highest BCUT2D eigenvalue weighted by Crippen LogP contribution is 2.17. The lowest BCUT2D eigenvalue weighted by atomic mass is 10.3. The summed E-state index contributed by atoms with van der Waals surface area (Å²) in [6, 6.07) is 6.55. The van der Waals surface area contributed by atoms with Crippen LogP contribution in [-0.2, 0) is 9.53 Å². The summed E-state index contributed by atoms with van der Waals surface area (Å²) in [6.07, 6.45) is 1.55. The maximum atomic E-state index is 12.2. The molecule has 21 heavy (non-hydrogen) atoms. The predicted octanol–water partition coefficient (Wildman–Crippen LogP) is 2.28. The van der Waals surface area contributed by atoms with Gasteiger partial charge in [0.05, 0.1) is 13.7 Å². The van der Waals surface area contributed by atoms with Crippen molar-refractivity contribution >= 4 is 17.7 Å². The number of anilines is 1. The van der Waals surface area contributed by atoms with Crippen molar-refractivity contribution in [3.8, 4) is 5.75 Å². The number of benzene rings is 1. The largest absolute Gasteiger partial charge is 0.497 e. The molecule has 1 N–H and O–H groups in total. The molecular formula is C15H20N2O4. The van der Waals surface area contributed by atoms with Crippen LogP contribution in [-0.4, -0.2) is 43.7 Å². The Balaban J connectivity index is 2.71. The van der Waals surface area contributed by atoms with Crippen LogP contribution in [0.25, 0.3) is 0 Å². The third-order valence-corrected chi connectivity index (χ3v) is 2.58. The standard InChI is InChI=1S/C15H20N2O4/c1-4-9-17(11-14(18)21-5-2)15(19)16-12-7-6-8-13(10-12)20-3/h4,6-8,10H,1,5,9,11H2,2-3H3,(H,16,19). The molecule has 0 aliphatic heterocycles. The van der Waals surface area contributed by atoms with Crippen LogP contribution in [0.4, 0.5) is 10.5 Å². The highest BCUT2D eigenvalue weighted by Gasteiger charge is 2.16. The Kier molecular flexibility index (Phi) is 6.80. The fourth-order valence-electron chi connectivity index (χ4n) is 1.64. The average molecular weight is 292 g/mol. The molecule has 114 valence electrons. The molecule has 1 aromatic rings. The Labute approximate surface area is 124 Å². The predicted molar refractivity (Wildman–Crippen MR) is 80.4 cm³/mol. The molecule has 0 radical (unpaired) electrons. The van der Waals surface area contributed by atoms with E-state index in [-0.39, 0.29) is 19.7 Å². The first-order chi connectivity index (χ1) is 10.1. The molecule has 0 spiro atoms. The van der Waals surface area contributed by atoms with Gasteiger partial charge in [-0.15, -0.1) is 6.58 Å². The summed E-state index contributed by atoms with van der Waals surface area (Å²) < 4.78 is 9.93. The van der Waals surface area contributed by atoms with Crippen molar-refractivity contribution in [3.05, 3.63) is 36.9 Å². The SMILES string of the molecule is C=CCN(CC(=O)OCC)C(=O)Nc1cccc(OC)c1. The lowest BCUT2D eigenvalue weighted by Gasteiger charge is -2.20. The van der Waals surface area contributed by atoms with Crippen LogP contribution >= 0.6 is 0 Å². The first kappa shape index (κ1) is 16.6. The zero-order chi connectivity index (χ0) is 15.7. The van der Waals surface area contributed by atoms with Crippen LogP contribution < -0.4 is 10.1 Å². The van der Waals surface area contributed by atoms with Gasteiger partial charge in [0.15, 0.2) is 0 Å². The van der Waals surface area contributed by atoms with Crippen LogP contribution in [0, 0.1) is 0 Å². The summed E-state index contributed by atoms with van der Waals surface area (Å²) in [6.45, 7) is 5.68. The number of hydrogen-bond donors (Lipinski definition) is 1. The molecule has 6 heteroatoms. The minimum Gasteiger partial charge on any atom is -0.497 e. The Bertz CT molecular complexity index is 502. The van der Waals surface area contributed by atoms with E-state index in [2.05, 4.69) is 11.9 Å². The maximum absolute atomic E-state index is 12.2. The van der Waals surface area contributed by atoms with E-state index in [1.54, 1.807) is 44.4 Å². The highest BCUT2D eigenvalue weighted by atomic mass is 16.5. The molecule has 0 heterocycles. The zero-order valence-corrected chi connectivity index (χ0v) is 12.3. The van der Waals surface area contributed by atoms with Crippen LogP contribution in [0.3, 0.4) is 0 Å². The summed E-state index contributed by atoms with van der Waals surface area (Å²) in [5.74, 6) is 0.175. The number of amides is 2. The summed E-state index contributed by atoms with van der Waals surface area (Å²) in [7, 11) is 1.55. The number of carbonyl (C=O) groups is 2. The molecule has 0 saturated heterocycles. The van der Waals surface area contributed by atoms with Gasteiger partial charge in [-0.05, 0) is 19.1 Å². The quantitative estimate of drug-likeness (QED) is 0.618. The summed E-state index contributed by atoms with van der Waals surface area (Å²) in [5.41, 5.74) is 0.581. The molecule has 0 aliphatic carbocycles. The van der Waals surface area contributed by atoms with Crippen molar-refractivity contribution in [1.29, 1.82) is 0 Å². The third-order valence-electron chi connectivity index (χ3n) is 2.58. The summed E-state index contributed by atoms with van der Waals surface area (Å²) in [5, 5.41) is 2.70. The van der Waals surface area contributed by atoms with Crippen LogP contribution in [0.1, 0.15) is 6.92 Å². The van der Waals surface area contributed by atoms with Crippen molar-refractivity contribution in [2.24, 2.45) is 0 Å². The first-order valence-electron chi connectivity index (χ1n) is 6.57. The smallest absolute Gasteiger partial charge is 0.325 e. The van der Waals surface area contributed by atoms with E-state index in [1.165, 1.54) is 4.90 Å². The molecule has 1 rings (SSSR count). The number of ether oxygens (including phenoxy) is 2. The fourth-order valence-corrected chi connectivity index (χ4v) is 1.64. The third kappa shape index (κ3) is 5.56. The second kappa shape index (κ2) is 8.63. The second-order valence-electron chi connectivity index (χ2n) is 4.14. The van der Waals surface area contributed by atoms with Gasteiger partial charge in [0.2, 0.25) is 0 Å². The van der Waals surface area contributed by atoms with Gasteiger partial charge in [0, 0.05) is 18.3 Å². The van der Waals surface area contributed by atoms with Gasteiger partial charge < -0.3 is 19.7 Å². The Morgan fingerprint density at radius 1 is 1.43 bits per heavy atom. The highest BCUT2D eigenvalue weighted by molar-refractivity contribution is 5.91. The molecule has 0 saturated carbocycles. The number of hydrogen-bond acceptors (Lipinski definition) is 4. The molecule has 1 aromatic carbocycles. The molecule has 0 bridgehead atoms. The molecule has 6 nitrogen and oxygen atoms in total. The van der Waals surface area contributed by atoms with E-state index >= 15 is 0 Å². The molecule has 0 aliphatic rings. The van der Waals surface area contributed by atoms with Crippen molar-refractivity contribution in [2.75, 3.05) is 32.1 Å². The number of urea groups is 1. The van der Waals surface area contributed by atoms with E-state index in [1.807, 2.05) is 0 Å². The van der Waals surface area contributed by atoms with Crippen LogP contribution in [0.15, 0.2) is 36.9 Å². The van der Waals surface area contributed by atoms with Crippen molar-refractivity contribution in [3.63, 3.8) is 0 Å². The zero-order valence-electron chi connectivity index (χ0n) is 12.3. The number of nitrogens with zero attached hydrogens (tertiary/aromatic N) is 1. The summed E-state index contributed by atoms with van der Waals surface area (Å²) in [4.78, 5) is 25.0. The minimum atomic E-state index is -0.458. The topological polar surface area (TPSA) is 67.9 Å². The fraction of sp³-hybridized carbons (Fsp3) is 0.333. The van der Waals surface area contributed by atoms with E-state index in [4.69, 9.17) is 9.47 Å². The minimum absolute atomic E-state index is 0.129. The number of nitrogens with one attached hydrogen (secondary N) is 1. The molecular weight excluding hydrogens is 272 g/mol. The van der Waals surface area contributed by atoms with E-state index in [0.717, 1.165) is 0 Å². The van der Waals surface area contributed by atoms with Crippen molar-refractivity contribution in [1.82, 2.24) is 4.90 Å². The normalized spacial score (nSPS) is 9.62. The molecule has 2 amide bonds. The Morgan fingerprint density at radius 3 is 2.81 bits per heavy atom. The van der Waals surface area contributed by atoms with Gasteiger partial charge in [0.1, 0.15) is 12.3 Å². The molecule has 0 aromatic heterocycles. The summed E-state index contributed by atoms with van der Waals surface area (Å²) >= 11 is 0. The van der Waals surface area contributed by atoms with Crippen molar-refractivity contribution < 1.29 is 19.1 Å². The number of carbonyl (C=O) groups excluding carboxylic acids is 2. The lowest BCUT2D eigenvalue weighted by molar-refractivity contribution is -0.143. The lowest BCUT2D eigenvalue weighted by Crippen LogP contribution is -2.39. The molecule has 0 fully saturated rings. The molecule has 0 unspecified atom stereocenters. The van der Waals surface area contributed by atoms with Gasteiger partial charge in [-0.3, -0.25) is 4.79 Å². The Morgan fingerprint density at radius 2 is 2.19 bits per heavy atom. The van der Waals surface area contributed by atoms with Crippen LogP contribution in [0.5, 0.6) is 5.75 Å². The maximum Gasteiger partial charge on any atom is 0.325 e. The van der Waals surface area contributed by atoms with E-state index in [9.17, 15) is 9.59 Å². The monoisotopic (exact) mass is 292 g/mol. The molecule has 0 atom stereocenters. The second-order valence-corrected chi connectivity index (χ2v) is 4.14. The first-order valence-corrected chi connectivity index (χ1v) is 6.57. The number of methoxy groups -OCH3 is 1. The van der Waals surface area contributed by atoms with Gasteiger partial charge >= 0.3 is 12.0 Å². The Hall–Kier alpha value is -2.50. The van der Waals surface area contributed by atoms with E-state index < -0.39 is 12.0 Å².